The van der Waals surface area contributed by atoms with Crippen molar-refractivity contribution in [1.29, 1.82) is 0 Å². The van der Waals surface area contributed by atoms with Crippen LogP contribution in [0.5, 0.6) is 0 Å². The van der Waals surface area contributed by atoms with E-state index in [1.165, 1.54) is 0 Å². The number of nitrogens with zero attached hydrogens (tertiary/aromatic N) is 1. The van der Waals surface area contributed by atoms with Crippen LogP contribution in [-0.4, -0.2) is 24.2 Å². The molecule has 1 aromatic heterocycles. The first-order chi connectivity index (χ1) is 7.22. The van der Waals surface area contributed by atoms with Gasteiger partial charge in [0.15, 0.2) is 0 Å². The fourth-order valence-electron chi connectivity index (χ4n) is 1.63. The standard InChI is InChI=1S/C10H14ClN3O/c1-2-13-9-3-7(11)6-14(10(9)15)8-4-12-5-8/h3,6,8,12-13H,2,4-5H2,1H3. The van der Waals surface area contributed by atoms with Gasteiger partial charge in [0.1, 0.15) is 5.69 Å². The Balaban J connectivity index is 2.40. The molecule has 0 spiro atoms. The van der Waals surface area contributed by atoms with Crippen molar-refractivity contribution in [3.63, 3.8) is 0 Å². The Labute approximate surface area is 93.2 Å². The maximum Gasteiger partial charge on any atom is 0.274 e. The molecular weight excluding hydrogens is 214 g/mol. The van der Waals surface area contributed by atoms with Crippen LogP contribution in [0.4, 0.5) is 5.69 Å². The molecule has 1 aliphatic rings. The summed E-state index contributed by atoms with van der Waals surface area (Å²) in [5, 5.41) is 6.75. The van der Waals surface area contributed by atoms with Gasteiger partial charge in [-0.1, -0.05) is 11.6 Å². The number of rotatable bonds is 3. The molecule has 0 atom stereocenters. The quantitative estimate of drug-likeness (QED) is 0.813. The molecular formula is C10H14ClN3O. The van der Waals surface area contributed by atoms with Crippen LogP contribution in [0.25, 0.3) is 0 Å². The lowest BCUT2D eigenvalue weighted by atomic mass is 10.1. The van der Waals surface area contributed by atoms with Crippen molar-refractivity contribution in [2.75, 3.05) is 25.0 Å². The predicted molar refractivity (Wildman–Crippen MR) is 61.8 cm³/mol. The number of aromatic nitrogens is 1. The van der Waals surface area contributed by atoms with Gasteiger partial charge in [-0.15, -0.1) is 0 Å². The zero-order valence-electron chi connectivity index (χ0n) is 8.59. The largest absolute Gasteiger partial charge is 0.381 e. The summed E-state index contributed by atoms with van der Waals surface area (Å²) in [4.78, 5) is 12.0. The van der Waals surface area contributed by atoms with Crippen molar-refractivity contribution >= 4 is 17.3 Å². The highest BCUT2D eigenvalue weighted by molar-refractivity contribution is 6.30. The highest BCUT2D eigenvalue weighted by Gasteiger charge is 2.20. The van der Waals surface area contributed by atoms with Crippen LogP contribution in [0.1, 0.15) is 13.0 Å². The Morgan fingerprint density at radius 2 is 2.40 bits per heavy atom. The second-order valence-electron chi connectivity index (χ2n) is 3.63. The first kappa shape index (κ1) is 10.5. The van der Waals surface area contributed by atoms with Crippen molar-refractivity contribution in [3.05, 3.63) is 27.6 Å². The molecule has 0 aromatic carbocycles. The average molecular weight is 228 g/mol. The minimum atomic E-state index is 0.00718. The number of halogens is 1. The Kier molecular flexibility index (Phi) is 2.98. The summed E-state index contributed by atoms with van der Waals surface area (Å²) in [5.41, 5.74) is 0.588. The van der Waals surface area contributed by atoms with Crippen LogP contribution >= 0.6 is 11.6 Å². The molecule has 0 bridgehead atoms. The normalized spacial score (nSPS) is 16.1. The van der Waals surface area contributed by atoms with Crippen molar-refractivity contribution in [1.82, 2.24) is 9.88 Å². The molecule has 82 valence electrons. The van der Waals surface area contributed by atoms with Crippen molar-refractivity contribution in [2.24, 2.45) is 0 Å². The van der Waals surface area contributed by atoms with Crippen LogP contribution < -0.4 is 16.2 Å². The molecule has 1 aromatic rings. The molecule has 2 rings (SSSR count). The van der Waals surface area contributed by atoms with E-state index in [-0.39, 0.29) is 11.6 Å². The smallest absolute Gasteiger partial charge is 0.274 e. The third kappa shape index (κ3) is 2.01. The van der Waals surface area contributed by atoms with Gasteiger partial charge in [-0.2, -0.15) is 0 Å². The maximum absolute atomic E-state index is 12.0. The van der Waals surface area contributed by atoms with Gasteiger partial charge in [0.05, 0.1) is 11.1 Å². The van der Waals surface area contributed by atoms with E-state index in [4.69, 9.17) is 11.6 Å². The van der Waals surface area contributed by atoms with E-state index in [0.29, 0.717) is 10.7 Å². The van der Waals surface area contributed by atoms with E-state index in [9.17, 15) is 4.79 Å². The van der Waals surface area contributed by atoms with Crippen molar-refractivity contribution in [2.45, 2.75) is 13.0 Å². The number of pyridine rings is 1. The molecule has 0 saturated carbocycles. The topological polar surface area (TPSA) is 46.1 Å². The molecule has 0 unspecified atom stereocenters. The summed E-state index contributed by atoms with van der Waals surface area (Å²) in [6, 6.07) is 1.92. The summed E-state index contributed by atoms with van der Waals surface area (Å²) in [5.74, 6) is 0. The summed E-state index contributed by atoms with van der Waals surface area (Å²) in [7, 11) is 0. The Morgan fingerprint density at radius 3 is 2.93 bits per heavy atom. The Hall–Kier alpha value is -1.00. The number of hydrogen-bond donors (Lipinski definition) is 2. The van der Waals surface area contributed by atoms with Crippen LogP contribution in [0.3, 0.4) is 0 Å². The molecule has 2 heterocycles. The van der Waals surface area contributed by atoms with Crippen LogP contribution in [0, 0.1) is 0 Å². The number of anilines is 1. The first-order valence-electron chi connectivity index (χ1n) is 5.08. The SMILES string of the molecule is CCNc1cc(Cl)cn(C2CNC2)c1=O. The van der Waals surface area contributed by atoms with Crippen molar-refractivity contribution < 1.29 is 0 Å². The van der Waals surface area contributed by atoms with Gasteiger partial charge in [0.25, 0.3) is 5.56 Å². The Morgan fingerprint density at radius 1 is 1.67 bits per heavy atom. The monoisotopic (exact) mass is 227 g/mol. The molecule has 0 radical (unpaired) electrons. The van der Waals surface area contributed by atoms with E-state index in [2.05, 4.69) is 10.6 Å². The molecule has 4 nitrogen and oxygen atoms in total. The van der Waals surface area contributed by atoms with Gasteiger partial charge in [0.2, 0.25) is 0 Å². The lowest BCUT2D eigenvalue weighted by Gasteiger charge is -2.29. The highest BCUT2D eigenvalue weighted by Crippen LogP contribution is 2.16. The summed E-state index contributed by atoms with van der Waals surface area (Å²) < 4.78 is 1.71. The number of hydrogen-bond acceptors (Lipinski definition) is 3. The molecule has 15 heavy (non-hydrogen) atoms. The second-order valence-corrected chi connectivity index (χ2v) is 4.06. The molecule has 1 saturated heterocycles. The fourth-order valence-corrected chi connectivity index (χ4v) is 1.84. The molecule has 1 aliphatic heterocycles. The molecule has 0 aliphatic carbocycles. The van der Waals surface area contributed by atoms with E-state index < -0.39 is 0 Å². The van der Waals surface area contributed by atoms with Gasteiger partial charge in [-0.25, -0.2) is 0 Å². The number of nitrogens with one attached hydrogen (secondary N) is 2. The average Bonchev–Trinajstić information content (AvgIpc) is 2.10. The molecule has 0 amide bonds. The zero-order chi connectivity index (χ0) is 10.8. The van der Waals surface area contributed by atoms with E-state index in [1.54, 1.807) is 16.8 Å². The van der Waals surface area contributed by atoms with Gasteiger partial charge in [0, 0.05) is 25.8 Å². The maximum atomic E-state index is 12.0. The van der Waals surface area contributed by atoms with E-state index >= 15 is 0 Å². The van der Waals surface area contributed by atoms with E-state index in [1.807, 2.05) is 6.92 Å². The molecule has 1 fully saturated rings. The summed E-state index contributed by atoms with van der Waals surface area (Å²) in [6.07, 6.45) is 1.70. The second kappa shape index (κ2) is 4.24. The zero-order valence-corrected chi connectivity index (χ0v) is 9.34. The van der Waals surface area contributed by atoms with Crippen molar-refractivity contribution in [3.8, 4) is 0 Å². The lowest BCUT2D eigenvalue weighted by molar-refractivity contribution is 0.336. The van der Waals surface area contributed by atoms with Gasteiger partial charge < -0.3 is 15.2 Å². The van der Waals surface area contributed by atoms with Gasteiger partial charge >= 0.3 is 0 Å². The van der Waals surface area contributed by atoms with Crippen LogP contribution in [-0.2, 0) is 0 Å². The summed E-state index contributed by atoms with van der Waals surface area (Å²) in [6.45, 7) is 4.35. The van der Waals surface area contributed by atoms with Gasteiger partial charge in [-0.3, -0.25) is 4.79 Å². The molecule has 2 N–H and O–H groups in total. The predicted octanol–water partition coefficient (Wildman–Crippen LogP) is 1.08. The van der Waals surface area contributed by atoms with Crippen LogP contribution in [0.2, 0.25) is 5.02 Å². The third-order valence-corrected chi connectivity index (χ3v) is 2.74. The van der Waals surface area contributed by atoms with Crippen LogP contribution in [0.15, 0.2) is 17.1 Å². The third-order valence-electron chi connectivity index (χ3n) is 2.53. The summed E-state index contributed by atoms with van der Waals surface area (Å²) >= 11 is 5.96. The minimum Gasteiger partial charge on any atom is -0.381 e. The first-order valence-corrected chi connectivity index (χ1v) is 5.46. The highest BCUT2D eigenvalue weighted by atomic mass is 35.5. The fraction of sp³-hybridized carbons (Fsp3) is 0.500. The minimum absolute atomic E-state index is 0.00718. The molecule has 5 heteroatoms. The Bertz CT molecular complexity index is 412. The lowest BCUT2D eigenvalue weighted by Crippen LogP contribution is -2.47. The van der Waals surface area contributed by atoms with E-state index in [0.717, 1.165) is 19.6 Å². The van der Waals surface area contributed by atoms with Gasteiger partial charge in [-0.05, 0) is 13.0 Å².